The second-order valence-corrected chi connectivity index (χ2v) is 6.24. The van der Waals surface area contributed by atoms with Gasteiger partial charge in [-0.1, -0.05) is 20.3 Å². The van der Waals surface area contributed by atoms with Gasteiger partial charge < -0.3 is 14.8 Å². The van der Waals surface area contributed by atoms with Crippen LogP contribution in [0.2, 0.25) is 0 Å². The van der Waals surface area contributed by atoms with E-state index in [1.54, 1.807) is 0 Å². The smallest absolute Gasteiger partial charge is 0.0810 e. The molecule has 3 heteroatoms. The third kappa shape index (κ3) is 4.44. The van der Waals surface area contributed by atoms with Gasteiger partial charge >= 0.3 is 0 Å². The highest BCUT2D eigenvalue weighted by Crippen LogP contribution is 2.37. The Bertz CT molecular complexity index is 243. The van der Waals surface area contributed by atoms with Gasteiger partial charge in [0, 0.05) is 19.8 Å². The Morgan fingerprint density at radius 1 is 1.11 bits per heavy atom. The first-order valence-electron chi connectivity index (χ1n) is 8.24. The number of nitrogens with one attached hydrogen (secondary N) is 1. The quantitative estimate of drug-likeness (QED) is 0.803. The van der Waals surface area contributed by atoms with Crippen molar-refractivity contribution in [3.05, 3.63) is 0 Å². The third-order valence-corrected chi connectivity index (χ3v) is 4.88. The van der Waals surface area contributed by atoms with Crippen LogP contribution >= 0.6 is 0 Å². The Morgan fingerprint density at radius 2 is 1.79 bits per heavy atom. The van der Waals surface area contributed by atoms with E-state index in [0.29, 0.717) is 6.10 Å². The maximum absolute atomic E-state index is 6.57. The zero-order chi connectivity index (χ0) is 13.6. The maximum atomic E-state index is 6.57. The van der Waals surface area contributed by atoms with Gasteiger partial charge in [0.1, 0.15) is 0 Å². The number of hydrogen-bond donors (Lipinski definition) is 1. The molecule has 0 radical (unpaired) electrons. The van der Waals surface area contributed by atoms with Crippen molar-refractivity contribution in [1.82, 2.24) is 5.32 Å². The van der Waals surface area contributed by atoms with E-state index >= 15 is 0 Å². The van der Waals surface area contributed by atoms with Gasteiger partial charge in [0.15, 0.2) is 0 Å². The van der Waals surface area contributed by atoms with Gasteiger partial charge in [-0.15, -0.1) is 0 Å². The van der Waals surface area contributed by atoms with E-state index in [0.717, 1.165) is 45.1 Å². The molecule has 112 valence electrons. The minimum Gasteiger partial charge on any atom is -0.381 e. The average molecular weight is 269 g/mol. The zero-order valence-electron chi connectivity index (χ0n) is 12.7. The summed E-state index contributed by atoms with van der Waals surface area (Å²) < 4.78 is 12.0. The van der Waals surface area contributed by atoms with Crippen molar-refractivity contribution in [2.45, 2.75) is 70.5 Å². The lowest BCUT2D eigenvalue weighted by Crippen LogP contribution is -2.48. The van der Waals surface area contributed by atoms with Crippen molar-refractivity contribution in [1.29, 1.82) is 0 Å². The van der Waals surface area contributed by atoms with Crippen molar-refractivity contribution >= 4 is 0 Å². The highest BCUT2D eigenvalue weighted by molar-refractivity contribution is 4.90. The standard InChI is InChI=1S/C16H31NO2/c1-3-14-5-9-16(10-6-14,13-17-4-2)19-15-7-11-18-12-8-15/h14-15,17H,3-13H2,1-2H3. The van der Waals surface area contributed by atoms with Gasteiger partial charge in [-0.2, -0.15) is 0 Å². The molecule has 0 spiro atoms. The fourth-order valence-corrected chi connectivity index (χ4v) is 3.45. The molecule has 2 rings (SSSR count). The highest BCUT2D eigenvalue weighted by Gasteiger charge is 2.37. The van der Waals surface area contributed by atoms with Crippen LogP contribution in [0.3, 0.4) is 0 Å². The van der Waals surface area contributed by atoms with Gasteiger partial charge in [-0.25, -0.2) is 0 Å². The molecule has 1 aliphatic carbocycles. The van der Waals surface area contributed by atoms with Crippen molar-refractivity contribution in [2.75, 3.05) is 26.3 Å². The number of ether oxygens (including phenoxy) is 2. The summed E-state index contributed by atoms with van der Waals surface area (Å²) >= 11 is 0. The van der Waals surface area contributed by atoms with E-state index in [1.165, 1.54) is 32.1 Å². The van der Waals surface area contributed by atoms with Crippen molar-refractivity contribution in [3.63, 3.8) is 0 Å². The van der Waals surface area contributed by atoms with Gasteiger partial charge in [-0.3, -0.25) is 0 Å². The second-order valence-electron chi connectivity index (χ2n) is 6.24. The van der Waals surface area contributed by atoms with E-state index in [-0.39, 0.29) is 5.60 Å². The van der Waals surface area contributed by atoms with Gasteiger partial charge in [-0.05, 0) is 51.0 Å². The van der Waals surface area contributed by atoms with E-state index in [9.17, 15) is 0 Å². The molecule has 1 N–H and O–H groups in total. The Morgan fingerprint density at radius 3 is 2.37 bits per heavy atom. The van der Waals surface area contributed by atoms with Gasteiger partial charge in [0.25, 0.3) is 0 Å². The van der Waals surface area contributed by atoms with Crippen LogP contribution in [0.15, 0.2) is 0 Å². The Kier molecular flexibility index (Phi) is 6.11. The Balaban J connectivity index is 1.90. The predicted molar refractivity (Wildman–Crippen MR) is 78.4 cm³/mol. The van der Waals surface area contributed by atoms with Crippen LogP contribution in [0.25, 0.3) is 0 Å². The molecule has 0 bridgehead atoms. The summed E-state index contributed by atoms with van der Waals surface area (Å²) in [6, 6.07) is 0. The summed E-state index contributed by atoms with van der Waals surface area (Å²) in [5.74, 6) is 0.924. The molecule has 2 fully saturated rings. The first kappa shape index (κ1) is 15.3. The Hall–Kier alpha value is -0.120. The lowest BCUT2D eigenvalue weighted by molar-refractivity contribution is -0.143. The summed E-state index contributed by atoms with van der Waals surface area (Å²) in [6.07, 6.45) is 9.04. The van der Waals surface area contributed by atoms with Crippen LogP contribution < -0.4 is 5.32 Å². The van der Waals surface area contributed by atoms with Crippen LogP contribution in [0.5, 0.6) is 0 Å². The molecule has 2 aliphatic rings. The molecular weight excluding hydrogens is 238 g/mol. The SMILES string of the molecule is CCNCC1(OC2CCOCC2)CCC(CC)CC1. The summed E-state index contributed by atoms with van der Waals surface area (Å²) in [5, 5.41) is 3.52. The maximum Gasteiger partial charge on any atom is 0.0810 e. The minimum absolute atomic E-state index is 0.101. The third-order valence-electron chi connectivity index (χ3n) is 4.88. The molecule has 0 unspecified atom stereocenters. The summed E-state index contributed by atoms with van der Waals surface area (Å²) in [6.45, 7) is 8.31. The normalized spacial score (nSPS) is 33.5. The monoisotopic (exact) mass is 269 g/mol. The van der Waals surface area contributed by atoms with Gasteiger partial charge in [0.05, 0.1) is 11.7 Å². The average Bonchev–Trinajstić information content (AvgIpc) is 2.47. The fourth-order valence-electron chi connectivity index (χ4n) is 3.45. The van der Waals surface area contributed by atoms with Crippen molar-refractivity contribution < 1.29 is 9.47 Å². The van der Waals surface area contributed by atoms with Crippen LogP contribution in [-0.4, -0.2) is 38.0 Å². The van der Waals surface area contributed by atoms with Crippen LogP contribution in [-0.2, 0) is 9.47 Å². The number of hydrogen-bond acceptors (Lipinski definition) is 3. The lowest BCUT2D eigenvalue weighted by Gasteiger charge is -2.43. The van der Waals surface area contributed by atoms with Crippen LogP contribution in [0.4, 0.5) is 0 Å². The predicted octanol–water partition coefficient (Wildman–Crippen LogP) is 3.13. The van der Waals surface area contributed by atoms with Crippen molar-refractivity contribution in [2.24, 2.45) is 5.92 Å². The molecule has 0 aromatic rings. The highest BCUT2D eigenvalue weighted by atomic mass is 16.5. The minimum atomic E-state index is 0.101. The molecule has 0 amide bonds. The number of likely N-dealkylation sites (N-methyl/N-ethyl adjacent to an activating group) is 1. The topological polar surface area (TPSA) is 30.5 Å². The summed E-state index contributed by atoms with van der Waals surface area (Å²) in [4.78, 5) is 0. The first-order chi connectivity index (χ1) is 9.28. The largest absolute Gasteiger partial charge is 0.381 e. The lowest BCUT2D eigenvalue weighted by atomic mass is 9.77. The molecule has 1 heterocycles. The molecule has 19 heavy (non-hydrogen) atoms. The molecular formula is C16H31NO2. The first-order valence-corrected chi connectivity index (χ1v) is 8.24. The summed E-state index contributed by atoms with van der Waals surface area (Å²) in [7, 11) is 0. The van der Waals surface area contributed by atoms with E-state index in [4.69, 9.17) is 9.47 Å². The number of rotatable bonds is 6. The molecule has 0 aromatic carbocycles. The molecule has 1 saturated heterocycles. The second kappa shape index (κ2) is 7.61. The van der Waals surface area contributed by atoms with Gasteiger partial charge in [0.2, 0.25) is 0 Å². The van der Waals surface area contributed by atoms with Crippen LogP contribution in [0.1, 0.15) is 58.8 Å². The summed E-state index contributed by atoms with van der Waals surface area (Å²) in [5.41, 5.74) is 0.101. The zero-order valence-corrected chi connectivity index (χ0v) is 12.7. The molecule has 3 nitrogen and oxygen atoms in total. The van der Waals surface area contributed by atoms with E-state index < -0.39 is 0 Å². The Labute approximate surface area is 118 Å². The van der Waals surface area contributed by atoms with E-state index in [1.807, 2.05) is 0 Å². The van der Waals surface area contributed by atoms with E-state index in [2.05, 4.69) is 19.2 Å². The molecule has 0 atom stereocenters. The molecule has 1 saturated carbocycles. The fraction of sp³-hybridized carbons (Fsp3) is 1.00. The molecule has 0 aromatic heterocycles. The van der Waals surface area contributed by atoms with Crippen molar-refractivity contribution in [3.8, 4) is 0 Å². The molecule has 1 aliphatic heterocycles. The van der Waals surface area contributed by atoms with Crippen LogP contribution in [0, 0.1) is 5.92 Å².